The highest BCUT2D eigenvalue weighted by Crippen LogP contribution is 2.28. The van der Waals surface area contributed by atoms with E-state index in [2.05, 4.69) is 15.0 Å². The molecule has 0 aliphatic heterocycles. The second-order valence-electron chi connectivity index (χ2n) is 6.32. The fraction of sp³-hybridized carbons (Fsp3) is 0.263. The normalized spacial score (nSPS) is 12.0. The number of anilines is 1. The van der Waals surface area contributed by atoms with E-state index in [0.29, 0.717) is 11.3 Å². The number of nitrogen functional groups attached to an aromatic ring is 1. The summed E-state index contributed by atoms with van der Waals surface area (Å²) >= 11 is 1.59. The number of benzene rings is 1. The van der Waals surface area contributed by atoms with E-state index in [1.807, 2.05) is 20.8 Å². The summed E-state index contributed by atoms with van der Waals surface area (Å²) in [5.41, 5.74) is 7.55. The lowest BCUT2D eigenvalue weighted by molar-refractivity contribution is 0.0739. The summed E-state index contributed by atoms with van der Waals surface area (Å²) in [5.74, 6) is -0.540. The van der Waals surface area contributed by atoms with Crippen LogP contribution in [0.5, 0.6) is 0 Å². The standard InChI is InChI=1S/C19H20FN5OS/c1-10(18-11(2)27-12(3)24-18)25(4)19(26)14-5-13(6-15(20)7-14)16-8-23-17(21)9-22-16/h5-10H,1-4H3,(H2,21,23). The molecule has 3 aromatic rings. The molecule has 1 atom stereocenters. The Hall–Kier alpha value is -2.87. The number of thiazole rings is 1. The molecule has 0 fully saturated rings. The Morgan fingerprint density at radius 3 is 2.56 bits per heavy atom. The molecule has 3 rings (SSSR count). The van der Waals surface area contributed by atoms with E-state index in [4.69, 9.17) is 5.73 Å². The van der Waals surface area contributed by atoms with E-state index in [0.717, 1.165) is 15.6 Å². The minimum atomic E-state index is -0.517. The first-order valence-corrected chi connectivity index (χ1v) is 9.17. The largest absolute Gasteiger partial charge is 0.382 e. The van der Waals surface area contributed by atoms with Gasteiger partial charge in [0.25, 0.3) is 5.91 Å². The molecular weight excluding hydrogens is 365 g/mol. The lowest BCUT2D eigenvalue weighted by Gasteiger charge is -2.24. The second-order valence-corrected chi connectivity index (χ2v) is 7.73. The molecule has 0 spiro atoms. The van der Waals surface area contributed by atoms with Crippen molar-refractivity contribution in [1.82, 2.24) is 19.9 Å². The quantitative estimate of drug-likeness (QED) is 0.739. The third kappa shape index (κ3) is 3.95. The van der Waals surface area contributed by atoms with Gasteiger partial charge in [-0.05, 0) is 39.0 Å². The van der Waals surface area contributed by atoms with Crippen molar-refractivity contribution in [2.45, 2.75) is 26.8 Å². The molecule has 0 aliphatic rings. The zero-order valence-electron chi connectivity index (χ0n) is 15.5. The van der Waals surface area contributed by atoms with Crippen molar-refractivity contribution in [3.63, 3.8) is 0 Å². The highest BCUT2D eigenvalue weighted by atomic mass is 32.1. The van der Waals surface area contributed by atoms with Crippen LogP contribution in [0.2, 0.25) is 0 Å². The Morgan fingerprint density at radius 1 is 1.22 bits per heavy atom. The molecule has 0 bridgehead atoms. The number of carbonyl (C=O) groups is 1. The molecule has 0 aliphatic carbocycles. The number of amides is 1. The number of hydrogen-bond acceptors (Lipinski definition) is 6. The predicted octanol–water partition coefficient (Wildman–Crippen LogP) is 3.77. The van der Waals surface area contributed by atoms with Gasteiger partial charge >= 0.3 is 0 Å². The van der Waals surface area contributed by atoms with Gasteiger partial charge in [-0.3, -0.25) is 9.78 Å². The van der Waals surface area contributed by atoms with E-state index < -0.39 is 5.82 Å². The third-order valence-electron chi connectivity index (χ3n) is 4.35. The van der Waals surface area contributed by atoms with Gasteiger partial charge in [-0.15, -0.1) is 11.3 Å². The minimum absolute atomic E-state index is 0.231. The van der Waals surface area contributed by atoms with Gasteiger partial charge in [-0.2, -0.15) is 0 Å². The summed E-state index contributed by atoms with van der Waals surface area (Å²) < 4.78 is 14.2. The van der Waals surface area contributed by atoms with Gasteiger partial charge in [-0.1, -0.05) is 0 Å². The van der Waals surface area contributed by atoms with Crippen LogP contribution in [-0.2, 0) is 0 Å². The number of carbonyl (C=O) groups excluding carboxylic acids is 1. The van der Waals surface area contributed by atoms with E-state index in [-0.39, 0.29) is 23.3 Å². The van der Waals surface area contributed by atoms with Crippen LogP contribution in [0, 0.1) is 19.7 Å². The maximum Gasteiger partial charge on any atom is 0.254 e. The van der Waals surface area contributed by atoms with Crippen LogP contribution in [0.15, 0.2) is 30.6 Å². The Balaban J connectivity index is 1.92. The average molecular weight is 385 g/mol. The molecular formula is C19H20FN5OS. The zero-order valence-corrected chi connectivity index (χ0v) is 16.3. The minimum Gasteiger partial charge on any atom is -0.382 e. The number of aromatic nitrogens is 3. The van der Waals surface area contributed by atoms with Crippen molar-refractivity contribution in [3.05, 3.63) is 57.6 Å². The SMILES string of the molecule is Cc1nc(C(C)N(C)C(=O)c2cc(F)cc(-c3cnc(N)cn3)c2)c(C)s1. The third-order valence-corrected chi connectivity index (χ3v) is 5.25. The van der Waals surface area contributed by atoms with Crippen molar-refractivity contribution < 1.29 is 9.18 Å². The number of hydrogen-bond donors (Lipinski definition) is 1. The maximum atomic E-state index is 14.2. The van der Waals surface area contributed by atoms with E-state index in [1.54, 1.807) is 29.4 Å². The van der Waals surface area contributed by atoms with E-state index in [9.17, 15) is 9.18 Å². The van der Waals surface area contributed by atoms with Gasteiger partial charge in [0, 0.05) is 23.1 Å². The van der Waals surface area contributed by atoms with Gasteiger partial charge < -0.3 is 10.6 Å². The summed E-state index contributed by atoms with van der Waals surface area (Å²) in [5, 5.41) is 0.949. The lowest BCUT2D eigenvalue weighted by Crippen LogP contribution is -2.30. The van der Waals surface area contributed by atoms with Crippen molar-refractivity contribution >= 4 is 23.1 Å². The predicted molar refractivity (Wildman–Crippen MR) is 104 cm³/mol. The maximum absolute atomic E-state index is 14.2. The summed E-state index contributed by atoms with van der Waals surface area (Å²) in [6, 6.07) is 3.91. The molecule has 0 radical (unpaired) electrons. The Morgan fingerprint density at radius 2 is 1.96 bits per heavy atom. The first-order chi connectivity index (χ1) is 12.8. The molecule has 0 saturated heterocycles. The number of aryl methyl sites for hydroxylation is 2. The molecule has 2 N–H and O–H groups in total. The van der Waals surface area contributed by atoms with Crippen LogP contribution in [0.3, 0.4) is 0 Å². The summed E-state index contributed by atoms with van der Waals surface area (Å²) in [4.78, 5) is 28.2. The van der Waals surface area contributed by atoms with Crippen molar-refractivity contribution in [2.75, 3.05) is 12.8 Å². The Labute approximate surface area is 160 Å². The van der Waals surface area contributed by atoms with E-state index >= 15 is 0 Å². The molecule has 27 heavy (non-hydrogen) atoms. The van der Waals surface area contributed by atoms with Crippen LogP contribution < -0.4 is 5.73 Å². The first-order valence-electron chi connectivity index (χ1n) is 8.36. The fourth-order valence-electron chi connectivity index (χ4n) is 2.84. The Kier molecular flexibility index (Phi) is 5.18. The van der Waals surface area contributed by atoms with Crippen molar-refractivity contribution in [3.8, 4) is 11.3 Å². The zero-order chi connectivity index (χ0) is 19.7. The molecule has 8 heteroatoms. The summed E-state index contributed by atoms with van der Waals surface area (Å²) in [7, 11) is 1.69. The molecule has 0 saturated carbocycles. The van der Waals surface area contributed by atoms with Crippen LogP contribution in [0.4, 0.5) is 10.2 Å². The highest BCUT2D eigenvalue weighted by molar-refractivity contribution is 7.11. The number of nitrogens with zero attached hydrogens (tertiary/aromatic N) is 4. The van der Waals surface area contributed by atoms with Gasteiger partial charge in [0.05, 0.1) is 34.8 Å². The summed E-state index contributed by atoms with van der Waals surface area (Å²) in [6.07, 6.45) is 2.84. The second kappa shape index (κ2) is 7.40. The molecule has 1 unspecified atom stereocenters. The average Bonchev–Trinajstić information content (AvgIpc) is 2.98. The number of rotatable bonds is 4. The lowest BCUT2D eigenvalue weighted by atomic mass is 10.1. The van der Waals surface area contributed by atoms with Gasteiger partial charge in [-0.25, -0.2) is 14.4 Å². The molecule has 1 amide bonds. The monoisotopic (exact) mass is 385 g/mol. The van der Waals surface area contributed by atoms with E-state index in [1.165, 1.54) is 24.5 Å². The van der Waals surface area contributed by atoms with Crippen LogP contribution in [-0.4, -0.2) is 32.8 Å². The van der Waals surface area contributed by atoms with Crippen LogP contribution in [0.25, 0.3) is 11.3 Å². The van der Waals surface area contributed by atoms with Crippen LogP contribution in [0.1, 0.15) is 38.9 Å². The molecule has 2 heterocycles. The van der Waals surface area contributed by atoms with Crippen LogP contribution >= 0.6 is 11.3 Å². The smallest absolute Gasteiger partial charge is 0.254 e. The molecule has 140 valence electrons. The van der Waals surface area contributed by atoms with Gasteiger partial charge in [0.15, 0.2) is 0 Å². The van der Waals surface area contributed by atoms with Gasteiger partial charge in [0.1, 0.15) is 11.6 Å². The summed E-state index contributed by atoms with van der Waals surface area (Å²) in [6.45, 7) is 5.82. The topological polar surface area (TPSA) is 85.0 Å². The van der Waals surface area contributed by atoms with Crippen molar-refractivity contribution in [1.29, 1.82) is 0 Å². The molecule has 1 aromatic carbocycles. The fourth-order valence-corrected chi connectivity index (χ4v) is 3.75. The number of halogens is 1. The molecule has 2 aromatic heterocycles. The number of nitrogens with two attached hydrogens (primary N) is 1. The Bertz CT molecular complexity index is 986. The van der Waals surface area contributed by atoms with Crippen molar-refractivity contribution in [2.24, 2.45) is 0 Å². The molecule has 6 nitrogen and oxygen atoms in total. The van der Waals surface area contributed by atoms with Gasteiger partial charge in [0.2, 0.25) is 0 Å². The highest BCUT2D eigenvalue weighted by Gasteiger charge is 2.23. The first kappa shape index (κ1) is 18.9.